The fraction of sp³-hybridized carbons (Fsp3) is 0.500. The van der Waals surface area contributed by atoms with Crippen LogP contribution >= 0.6 is 0 Å². The van der Waals surface area contributed by atoms with Crippen molar-refractivity contribution in [1.82, 2.24) is 4.90 Å². The molecule has 0 unspecified atom stereocenters. The highest BCUT2D eigenvalue weighted by Crippen LogP contribution is 2.24. The van der Waals surface area contributed by atoms with Gasteiger partial charge in [-0.05, 0) is 49.9 Å². The Morgan fingerprint density at radius 1 is 1.14 bits per heavy atom. The number of rotatable bonds is 3. The summed E-state index contributed by atoms with van der Waals surface area (Å²) in [5, 5.41) is 0. The van der Waals surface area contributed by atoms with Gasteiger partial charge in [0, 0.05) is 5.56 Å². The van der Waals surface area contributed by atoms with Crippen molar-refractivity contribution in [3.8, 4) is 5.75 Å². The Hall–Kier alpha value is -2.04. The van der Waals surface area contributed by atoms with E-state index in [1.807, 2.05) is 0 Å². The predicted octanol–water partition coefficient (Wildman–Crippen LogP) is 2.99. The first-order valence-corrected chi connectivity index (χ1v) is 7.49. The number of carbonyl (C=O) groups is 2. The molecule has 5 nitrogen and oxygen atoms in total. The van der Waals surface area contributed by atoms with Crippen molar-refractivity contribution in [2.24, 2.45) is 0 Å². The minimum absolute atomic E-state index is 0.271. The number of hydrogen-bond donors (Lipinski definition) is 0. The Bertz CT molecular complexity index is 520. The van der Waals surface area contributed by atoms with Crippen molar-refractivity contribution in [2.45, 2.75) is 38.2 Å². The lowest BCUT2D eigenvalue weighted by Crippen LogP contribution is -2.31. The number of amides is 2. The van der Waals surface area contributed by atoms with Gasteiger partial charge < -0.3 is 9.47 Å². The van der Waals surface area contributed by atoms with Crippen LogP contribution in [0.25, 0.3) is 0 Å². The van der Waals surface area contributed by atoms with E-state index in [0.29, 0.717) is 12.1 Å². The van der Waals surface area contributed by atoms with Gasteiger partial charge in [0.25, 0.3) is 5.91 Å². The standard InChI is InChI=1S/C16H19NO4/c18-15(17-10-11-20-16(17)19)12-6-8-14(9-7-12)21-13-4-2-1-3-5-13/h6-9,13H,1-5,10-11H2. The third-order valence-electron chi connectivity index (χ3n) is 3.96. The summed E-state index contributed by atoms with van der Waals surface area (Å²) in [5.41, 5.74) is 0.477. The molecule has 1 aromatic rings. The normalized spacial score (nSPS) is 19.4. The van der Waals surface area contributed by atoms with Gasteiger partial charge in [-0.15, -0.1) is 0 Å². The van der Waals surface area contributed by atoms with Crippen molar-refractivity contribution in [1.29, 1.82) is 0 Å². The van der Waals surface area contributed by atoms with Crippen LogP contribution in [0.5, 0.6) is 5.75 Å². The summed E-state index contributed by atoms with van der Waals surface area (Å²) >= 11 is 0. The fourth-order valence-electron chi connectivity index (χ4n) is 2.79. The Morgan fingerprint density at radius 2 is 1.86 bits per heavy atom. The molecule has 0 spiro atoms. The molecule has 5 heteroatoms. The molecule has 1 saturated carbocycles. The van der Waals surface area contributed by atoms with E-state index in [0.717, 1.165) is 23.5 Å². The minimum atomic E-state index is -0.567. The molecule has 21 heavy (non-hydrogen) atoms. The Balaban J connectivity index is 1.63. The third kappa shape index (κ3) is 3.17. The Labute approximate surface area is 123 Å². The highest BCUT2D eigenvalue weighted by atomic mass is 16.6. The van der Waals surface area contributed by atoms with Crippen molar-refractivity contribution < 1.29 is 19.1 Å². The summed E-state index contributed by atoms with van der Waals surface area (Å²) in [5.74, 6) is 0.462. The van der Waals surface area contributed by atoms with Gasteiger partial charge >= 0.3 is 6.09 Å². The fourth-order valence-corrected chi connectivity index (χ4v) is 2.79. The number of benzene rings is 1. The molecule has 1 saturated heterocycles. The molecule has 1 aliphatic heterocycles. The van der Waals surface area contributed by atoms with E-state index in [9.17, 15) is 9.59 Å². The zero-order valence-corrected chi connectivity index (χ0v) is 11.9. The lowest BCUT2D eigenvalue weighted by molar-refractivity contribution is 0.0810. The molecule has 0 radical (unpaired) electrons. The maximum Gasteiger partial charge on any atom is 0.416 e. The molecule has 0 bridgehead atoms. The molecule has 112 valence electrons. The first-order chi connectivity index (χ1) is 10.2. The van der Waals surface area contributed by atoms with Crippen molar-refractivity contribution >= 4 is 12.0 Å². The maximum atomic E-state index is 12.1. The molecule has 1 heterocycles. The Kier molecular flexibility index (Phi) is 4.08. The van der Waals surface area contributed by atoms with Crippen molar-refractivity contribution in [3.63, 3.8) is 0 Å². The summed E-state index contributed by atoms with van der Waals surface area (Å²) in [4.78, 5) is 24.6. The van der Waals surface area contributed by atoms with Crippen LogP contribution in [-0.2, 0) is 4.74 Å². The third-order valence-corrected chi connectivity index (χ3v) is 3.96. The van der Waals surface area contributed by atoms with Gasteiger partial charge in [-0.1, -0.05) is 6.42 Å². The van der Waals surface area contributed by atoms with Crippen LogP contribution in [0, 0.1) is 0 Å². The molecule has 0 N–H and O–H groups in total. The van der Waals surface area contributed by atoms with Crippen LogP contribution in [-0.4, -0.2) is 36.2 Å². The lowest BCUT2D eigenvalue weighted by atomic mass is 9.98. The summed E-state index contributed by atoms with van der Waals surface area (Å²) in [6.07, 6.45) is 5.65. The van der Waals surface area contributed by atoms with Crippen LogP contribution in [0.2, 0.25) is 0 Å². The summed E-state index contributed by atoms with van der Waals surface area (Å²) in [6, 6.07) is 6.99. The van der Waals surface area contributed by atoms with Crippen LogP contribution < -0.4 is 4.74 Å². The monoisotopic (exact) mass is 289 g/mol. The molecule has 2 aliphatic rings. The molecule has 2 fully saturated rings. The zero-order chi connectivity index (χ0) is 14.7. The number of ether oxygens (including phenoxy) is 2. The van der Waals surface area contributed by atoms with Crippen LogP contribution in [0.15, 0.2) is 24.3 Å². The molecule has 2 amide bonds. The first-order valence-electron chi connectivity index (χ1n) is 7.49. The minimum Gasteiger partial charge on any atom is -0.490 e. The molecular formula is C16H19NO4. The smallest absolute Gasteiger partial charge is 0.416 e. The van der Waals surface area contributed by atoms with Crippen LogP contribution in [0.4, 0.5) is 4.79 Å². The molecule has 0 atom stereocenters. The van der Waals surface area contributed by atoms with Gasteiger partial charge in [0.1, 0.15) is 12.4 Å². The molecule has 3 rings (SSSR count). The number of hydrogen-bond acceptors (Lipinski definition) is 4. The molecule has 1 aliphatic carbocycles. The second kappa shape index (κ2) is 6.16. The average molecular weight is 289 g/mol. The average Bonchev–Trinajstić information content (AvgIpc) is 2.94. The molecular weight excluding hydrogens is 270 g/mol. The molecule has 0 aromatic heterocycles. The van der Waals surface area contributed by atoms with E-state index < -0.39 is 6.09 Å². The SMILES string of the molecule is O=C1OCCN1C(=O)c1ccc(OC2CCCCC2)cc1. The highest BCUT2D eigenvalue weighted by Gasteiger charge is 2.29. The number of cyclic esters (lactones) is 1. The van der Waals surface area contributed by atoms with Gasteiger partial charge in [0.2, 0.25) is 0 Å². The number of imide groups is 1. The number of nitrogens with zero attached hydrogens (tertiary/aromatic N) is 1. The largest absolute Gasteiger partial charge is 0.490 e. The van der Waals surface area contributed by atoms with E-state index in [4.69, 9.17) is 9.47 Å². The van der Waals surface area contributed by atoms with Crippen molar-refractivity contribution in [3.05, 3.63) is 29.8 Å². The summed E-state index contributed by atoms with van der Waals surface area (Å²) < 4.78 is 10.7. The molecule has 1 aromatic carbocycles. The van der Waals surface area contributed by atoms with Gasteiger partial charge in [-0.25, -0.2) is 9.69 Å². The maximum absolute atomic E-state index is 12.1. The Morgan fingerprint density at radius 3 is 2.48 bits per heavy atom. The first kappa shape index (κ1) is 13.9. The summed E-state index contributed by atoms with van der Waals surface area (Å²) in [6.45, 7) is 0.589. The number of carbonyl (C=O) groups excluding carboxylic acids is 2. The second-order valence-corrected chi connectivity index (χ2v) is 5.47. The zero-order valence-electron chi connectivity index (χ0n) is 11.9. The second-order valence-electron chi connectivity index (χ2n) is 5.47. The van der Waals surface area contributed by atoms with E-state index in [1.165, 1.54) is 19.3 Å². The lowest BCUT2D eigenvalue weighted by Gasteiger charge is -2.23. The van der Waals surface area contributed by atoms with E-state index in [2.05, 4.69) is 0 Å². The van der Waals surface area contributed by atoms with E-state index in [1.54, 1.807) is 24.3 Å². The van der Waals surface area contributed by atoms with E-state index >= 15 is 0 Å². The van der Waals surface area contributed by atoms with Crippen LogP contribution in [0.3, 0.4) is 0 Å². The van der Waals surface area contributed by atoms with E-state index in [-0.39, 0.29) is 18.6 Å². The van der Waals surface area contributed by atoms with Gasteiger partial charge in [0.15, 0.2) is 0 Å². The van der Waals surface area contributed by atoms with Crippen molar-refractivity contribution in [2.75, 3.05) is 13.2 Å². The summed E-state index contributed by atoms with van der Waals surface area (Å²) in [7, 11) is 0. The van der Waals surface area contributed by atoms with Gasteiger partial charge in [0.05, 0.1) is 12.6 Å². The van der Waals surface area contributed by atoms with Gasteiger partial charge in [-0.2, -0.15) is 0 Å². The van der Waals surface area contributed by atoms with Gasteiger partial charge in [-0.3, -0.25) is 4.79 Å². The quantitative estimate of drug-likeness (QED) is 0.858. The van der Waals surface area contributed by atoms with Crippen LogP contribution in [0.1, 0.15) is 42.5 Å². The predicted molar refractivity (Wildman–Crippen MR) is 76.3 cm³/mol. The topological polar surface area (TPSA) is 55.8 Å². The highest BCUT2D eigenvalue weighted by molar-refractivity contribution is 6.03.